The number of hydrogen-bond acceptors (Lipinski definition) is 2. The second kappa shape index (κ2) is 11.0. The van der Waals surface area contributed by atoms with Crippen molar-refractivity contribution in [2.75, 3.05) is 0 Å². The molecule has 0 aliphatic carbocycles. The van der Waals surface area contributed by atoms with Crippen molar-refractivity contribution in [1.29, 1.82) is 0 Å². The number of carbonyl (C=O) groups is 2. The van der Waals surface area contributed by atoms with E-state index in [0.29, 0.717) is 13.1 Å². The van der Waals surface area contributed by atoms with Gasteiger partial charge in [0.05, 0.1) is 0 Å². The Labute approximate surface area is 178 Å². The van der Waals surface area contributed by atoms with E-state index in [1.807, 2.05) is 97.9 Å². The van der Waals surface area contributed by atoms with E-state index in [9.17, 15) is 9.59 Å². The van der Waals surface area contributed by atoms with Crippen LogP contribution in [-0.2, 0) is 22.7 Å². The van der Waals surface area contributed by atoms with Crippen molar-refractivity contribution in [3.63, 3.8) is 0 Å². The van der Waals surface area contributed by atoms with Crippen LogP contribution in [0.25, 0.3) is 0 Å². The first-order valence-electron chi connectivity index (χ1n) is 10.3. The SMILES string of the molecule is C[C@H](C(=O)NCc1ccccc1)[C@H](CC(=O)NCc1ccccc1)c1ccccc1. The first-order chi connectivity index (χ1) is 14.6. The van der Waals surface area contributed by atoms with Crippen molar-refractivity contribution in [2.45, 2.75) is 32.4 Å². The molecule has 0 fully saturated rings. The Morgan fingerprint density at radius 2 is 1.17 bits per heavy atom. The van der Waals surface area contributed by atoms with Crippen LogP contribution in [0.15, 0.2) is 91.0 Å². The number of hydrogen-bond donors (Lipinski definition) is 2. The fraction of sp³-hybridized carbons (Fsp3) is 0.231. The van der Waals surface area contributed by atoms with Gasteiger partial charge < -0.3 is 10.6 Å². The van der Waals surface area contributed by atoms with E-state index >= 15 is 0 Å². The van der Waals surface area contributed by atoms with E-state index in [1.165, 1.54) is 0 Å². The first-order valence-corrected chi connectivity index (χ1v) is 10.3. The van der Waals surface area contributed by atoms with E-state index in [4.69, 9.17) is 0 Å². The largest absolute Gasteiger partial charge is 0.352 e. The molecular weight excluding hydrogens is 372 g/mol. The van der Waals surface area contributed by atoms with Gasteiger partial charge in [-0.3, -0.25) is 9.59 Å². The smallest absolute Gasteiger partial charge is 0.223 e. The summed E-state index contributed by atoms with van der Waals surface area (Å²) in [4.78, 5) is 25.5. The zero-order chi connectivity index (χ0) is 21.2. The van der Waals surface area contributed by atoms with E-state index in [0.717, 1.165) is 16.7 Å². The average Bonchev–Trinajstić information content (AvgIpc) is 2.81. The highest BCUT2D eigenvalue weighted by Crippen LogP contribution is 2.28. The molecule has 0 saturated heterocycles. The molecule has 3 rings (SSSR count). The van der Waals surface area contributed by atoms with E-state index in [2.05, 4.69) is 10.6 Å². The third kappa shape index (κ3) is 6.31. The summed E-state index contributed by atoms with van der Waals surface area (Å²) in [6.07, 6.45) is 0.261. The fourth-order valence-electron chi connectivity index (χ4n) is 3.48. The minimum atomic E-state index is -0.335. The normalized spacial score (nSPS) is 12.6. The lowest BCUT2D eigenvalue weighted by atomic mass is 9.83. The minimum absolute atomic E-state index is 0.0523. The molecule has 0 aromatic heterocycles. The zero-order valence-corrected chi connectivity index (χ0v) is 17.3. The summed E-state index contributed by atoms with van der Waals surface area (Å²) in [6, 6.07) is 29.4. The molecule has 2 amide bonds. The molecule has 3 aromatic carbocycles. The second-order valence-electron chi connectivity index (χ2n) is 7.48. The summed E-state index contributed by atoms with van der Waals surface area (Å²) in [5.41, 5.74) is 3.10. The van der Waals surface area contributed by atoms with Crippen molar-refractivity contribution in [3.05, 3.63) is 108 Å². The number of rotatable bonds is 9. The first kappa shape index (κ1) is 21.3. The second-order valence-corrected chi connectivity index (χ2v) is 7.48. The summed E-state index contributed by atoms with van der Waals surface area (Å²) >= 11 is 0. The van der Waals surface area contributed by atoms with Gasteiger partial charge in [0.15, 0.2) is 0 Å². The Bertz CT molecular complexity index is 927. The molecule has 0 saturated carbocycles. The molecule has 0 unspecified atom stereocenters. The van der Waals surface area contributed by atoms with Crippen LogP contribution in [0.2, 0.25) is 0 Å². The predicted octanol–water partition coefficient (Wildman–Crippen LogP) is 4.43. The molecule has 4 heteroatoms. The van der Waals surface area contributed by atoms with Gasteiger partial charge in [0, 0.05) is 31.3 Å². The summed E-state index contributed by atoms with van der Waals surface area (Å²) in [5, 5.41) is 5.99. The number of amides is 2. The Morgan fingerprint density at radius 3 is 1.70 bits per heavy atom. The predicted molar refractivity (Wildman–Crippen MR) is 120 cm³/mol. The molecule has 0 radical (unpaired) electrons. The van der Waals surface area contributed by atoms with E-state index < -0.39 is 0 Å². The highest BCUT2D eigenvalue weighted by molar-refractivity contribution is 5.82. The lowest BCUT2D eigenvalue weighted by Gasteiger charge is -2.24. The molecule has 0 bridgehead atoms. The maximum absolute atomic E-state index is 12.8. The van der Waals surface area contributed by atoms with Crippen LogP contribution in [0, 0.1) is 5.92 Å². The van der Waals surface area contributed by atoms with Crippen LogP contribution in [0.5, 0.6) is 0 Å². The molecule has 2 N–H and O–H groups in total. The van der Waals surface area contributed by atoms with Gasteiger partial charge in [0.2, 0.25) is 11.8 Å². The Hall–Kier alpha value is -3.40. The van der Waals surface area contributed by atoms with Gasteiger partial charge in [-0.1, -0.05) is 97.9 Å². The molecule has 154 valence electrons. The summed E-state index contributed by atoms with van der Waals surface area (Å²) in [7, 11) is 0. The molecule has 3 aromatic rings. The maximum atomic E-state index is 12.8. The molecule has 0 heterocycles. The van der Waals surface area contributed by atoms with Crippen molar-refractivity contribution < 1.29 is 9.59 Å². The average molecular weight is 401 g/mol. The molecule has 4 nitrogen and oxygen atoms in total. The number of benzene rings is 3. The molecule has 0 aliphatic rings. The minimum Gasteiger partial charge on any atom is -0.352 e. The highest BCUT2D eigenvalue weighted by Gasteiger charge is 2.27. The van der Waals surface area contributed by atoms with Gasteiger partial charge in [-0.2, -0.15) is 0 Å². The summed E-state index contributed by atoms with van der Waals surface area (Å²) < 4.78 is 0. The third-order valence-corrected chi connectivity index (χ3v) is 5.29. The quantitative estimate of drug-likeness (QED) is 0.558. The van der Waals surface area contributed by atoms with Crippen molar-refractivity contribution in [2.24, 2.45) is 5.92 Å². The standard InChI is InChI=1S/C26H28N2O2/c1-20(26(30)28-19-22-13-7-3-8-14-22)24(23-15-9-4-10-16-23)17-25(29)27-18-21-11-5-2-6-12-21/h2-16,20,24H,17-19H2,1H3,(H,27,29)(H,28,30)/t20-,24-/m0/s1. The van der Waals surface area contributed by atoms with Crippen molar-refractivity contribution >= 4 is 11.8 Å². The molecule has 30 heavy (non-hydrogen) atoms. The van der Waals surface area contributed by atoms with Crippen LogP contribution in [0.3, 0.4) is 0 Å². The van der Waals surface area contributed by atoms with Crippen molar-refractivity contribution in [1.82, 2.24) is 10.6 Å². The van der Waals surface area contributed by atoms with Gasteiger partial charge >= 0.3 is 0 Å². The summed E-state index contributed by atoms with van der Waals surface area (Å²) in [5.74, 6) is -0.643. The molecular formula is C26H28N2O2. The number of carbonyl (C=O) groups excluding carboxylic acids is 2. The Kier molecular flexibility index (Phi) is 7.78. The van der Waals surface area contributed by atoms with Crippen LogP contribution in [-0.4, -0.2) is 11.8 Å². The van der Waals surface area contributed by atoms with Crippen molar-refractivity contribution in [3.8, 4) is 0 Å². The molecule has 2 atom stereocenters. The van der Waals surface area contributed by atoms with Gasteiger partial charge in [-0.25, -0.2) is 0 Å². The van der Waals surface area contributed by atoms with Crippen LogP contribution >= 0.6 is 0 Å². The zero-order valence-electron chi connectivity index (χ0n) is 17.3. The molecule has 0 spiro atoms. The van der Waals surface area contributed by atoms with Crippen LogP contribution in [0.1, 0.15) is 36.0 Å². The number of nitrogens with one attached hydrogen (secondary N) is 2. The van der Waals surface area contributed by atoms with E-state index in [-0.39, 0.29) is 30.1 Å². The lowest BCUT2D eigenvalue weighted by molar-refractivity contribution is -0.126. The topological polar surface area (TPSA) is 58.2 Å². The lowest BCUT2D eigenvalue weighted by Crippen LogP contribution is -2.34. The Balaban J connectivity index is 1.64. The third-order valence-electron chi connectivity index (χ3n) is 5.29. The van der Waals surface area contributed by atoms with Gasteiger partial charge in [0.1, 0.15) is 0 Å². The van der Waals surface area contributed by atoms with Crippen LogP contribution < -0.4 is 10.6 Å². The fourth-order valence-corrected chi connectivity index (χ4v) is 3.48. The highest BCUT2D eigenvalue weighted by atomic mass is 16.2. The van der Waals surface area contributed by atoms with Gasteiger partial charge in [-0.15, -0.1) is 0 Å². The maximum Gasteiger partial charge on any atom is 0.223 e. The molecule has 0 aliphatic heterocycles. The van der Waals surface area contributed by atoms with Gasteiger partial charge in [-0.05, 0) is 16.7 Å². The summed E-state index contributed by atoms with van der Waals surface area (Å²) in [6.45, 7) is 2.85. The Morgan fingerprint density at radius 1 is 0.700 bits per heavy atom. The monoisotopic (exact) mass is 400 g/mol. The van der Waals surface area contributed by atoms with Gasteiger partial charge in [0.25, 0.3) is 0 Å². The van der Waals surface area contributed by atoms with E-state index in [1.54, 1.807) is 0 Å². The van der Waals surface area contributed by atoms with Crippen LogP contribution in [0.4, 0.5) is 0 Å².